The molecular formula is C10H7BrClN3O3S. The quantitative estimate of drug-likeness (QED) is 0.617. The summed E-state index contributed by atoms with van der Waals surface area (Å²) in [6.07, 6.45) is 0.115. The average molecular weight is 365 g/mol. The number of imidazole rings is 1. The molecule has 6 nitrogen and oxygen atoms in total. The summed E-state index contributed by atoms with van der Waals surface area (Å²) in [4.78, 5) is 26.8. The van der Waals surface area contributed by atoms with Gasteiger partial charge in [0.2, 0.25) is 11.7 Å². The van der Waals surface area contributed by atoms with E-state index in [1.165, 1.54) is 22.8 Å². The van der Waals surface area contributed by atoms with Crippen molar-refractivity contribution in [1.82, 2.24) is 9.55 Å². The zero-order valence-corrected chi connectivity index (χ0v) is 12.8. The van der Waals surface area contributed by atoms with Crippen LogP contribution in [0.3, 0.4) is 0 Å². The number of nitrogens with zero attached hydrogens (tertiary/aromatic N) is 3. The molecule has 2 aromatic rings. The smallest absolute Gasteiger partial charge is 0.358 e. The van der Waals surface area contributed by atoms with Gasteiger partial charge in [-0.3, -0.25) is 4.79 Å². The van der Waals surface area contributed by atoms with E-state index in [-0.39, 0.29) is 28.6 Å². The van der Waals surface area contributed by atoms with E-state index in [0.717, 1.165) is 4.88 Å². The second kappa shape index (κ2) is 5.40. The molecule has 0 fully saturated rings. The first-order valence-electron chi connectivity index (χ1n) is 5.06. The van der Waals surface area contributed by atoms with Crippen molar-refractivity contribution in [1.29, 1.82) is 0 Å². The minimum atomic E-state index is -0.636. The topological polar surface area (TPSA) is 78.0 Å². The Morgan fingerprint density at radius 2 is 2.32 bits per heavy atom. The molecule has 0 amide bonds. The Morgan fingerprint density at radius 3 is 2.79 bits per heavy atom. The van der Waals surface area contributed by atoms with Gasteiger partial charge in [-0.05, 0) is 38.0 Å². The van der Waals surface area contributed by atoms with Crippen LogP contribution in [0.15, 0.2) is 16.7 Å². The van der Waals surface area contributed by atoms with Crippen molar-refractivity contribution in [3.63, 3.8) is 0 Å². The van der Waals surface area contributed by atoms with Gasteiger partial charge in [0.25, 0.3) is 0 Å². The van der Waals surface area contributed by atoms with Gasteiger partial charge in [0.05, 0.1) is 10.8 Å². The fraction of sp³-hybridized carbons (Fsp3) is 0.200. The van der Waals surface area contributed by atoms with Crippen LogP contribution in [0.1, 0.15) is 15.5 Å². The summed E-state index contributed by atoms with van der Waals surface area (Å²) in [5, 5.41) is 10.7. The molecule has 0 aliphatic carbocycles. The van der Waals surface area contributed by atoms with Crippen molar-refractivity contribution in [3.8, 4) is 0 Å². The number of carbonyl (C=O) groups is 1. The summed E-state index contributed by atoms with van der Waals surface area (Å²) in [7, 11) is 0. The lowest BCUT2D eigenvalue weighted by atomic mass is 10.3. The standard InChI is InChI=1S/C10H7BrClN3O3S/c1-5-13-10(15(17)18)9(11)14(5)8(16)4-6-2-3-7(12)19-6/h2-3H,4H2,1H3. The molecule has 2 rings (SSSR count). The van der Waals surface area contributed by atoms with Crippen molar-refractivity contribution in [2.45, 2.75) is 13.3 Å². The van der Waals surface area contributed by atoms with E-state index in [1.807, 2.05) is 0 Å². The highest BCUT2D eigenvalue weighted by Crippen LogP contribution is 2.27. The second-order valence-corrected chi connectivity index (χ2v) is 6.19. The zero-order valence-electron chi connectivity index (χ0n) is 9.59. The van der Waals surface area contributed by atoms with Crippen molar-refractivity contribution in [3.05, 3.63) is 41.9 Å². The second-order valence-electron chi connectivity index (χ2n) is 3.64. The number of aromatic nitrogens is 2. The molecule has 0 aliphatic heterocycles. The first-order chi connectivity index (χ1) is 8.90. The lowest BCUT2D eigenvalue weighted by Gasteiger charge is -2.01. The van der Waals surface area contributed by atoms with E-state index in [9.17, 15) is 14.9 Å². The lowest BCUT2D eigenvalue weighted by Crippen LogP contribution is -2.14. The van der Waals surface area contributed by atoms with Crippen LogP contribution in [0.25, 0.3) is 0 Å². The Balaban J connectivity index is 2.31. The summed E-state index contributed by atoms with van der Waals surface area (Å²) in [5.74, 6) is -0.398. The van der Waals surface area contributed by atoms with Gasteiger partial charge in [-0.25, -0.2) is 4.57 Å². The molecule has 100 valence electrons. The number of nitro groups is 1. The SMILES string of the molecule is Cc1nc([N+](=O)[O-])c(Br)n1C(=O)Cc1ccc(Cl)s1. The molecule has 0 aromatic carbocycles. The predicted molar refractivity (Wildman–Crippen MR) is 75.0 cm³/mol. The zero-order chi connectivity index (χ0) is 14.2. The van der Waals surface area contributed by atoms with Gasteiger partial charge in [0.15, 0.2) is 4.60 Å². The fourth-order valence-electron chi connectivity index (χ4n) is 1.57. The minimum Gasteiger partial charge on any atom is -0.358 e. The Kier molecular flexibility index (Phi) is 4.02. The highest BCUT2D eigenvalue weighted by molar-refractivity contribution is 9.10. The number of hydrogen-bond donors (Lipinski definition) is 0. The van der Waals surface area contributed by atoms with E-state index in [2.05, 4.69) is 20.9 Å². The van der Waals surface area contributed by atoms with E-state index < -0.39 is 4.92 Å². The molecule has 0 aliphatic rings. The molecule has 0 atom stereocenters. The third-order valence-corrected chi connectivity index (χ3v) is 4.29. The maximum Gasteiger partial charge on any atom is 0.397 e. The minimum absolute atomic E-state index is 0.0580. The van der Waals surface area contributed by atoms with Gasteiger partial charge < -0.3 is 10.1 Å². The first kappa shape index (κ1) is 14.2. The van der Waals surface area contributed by atoms with E-state index in [4.69, 9.17) is 11.6 Å². The summed E-state index contributed by atoms with van der Waals surface area (Å²) in [6, 6.07) is 3.45. The van der Waals surface area contributed by atoms with Crippen LogP contribution in [-0.2, 0) is 6.42 Å². The summed E-state index contributed by atoms with van der Waals surface area (Å²) < 4.78 is 1.84. The summed E-state index contributed by atoms with van der Waals surface area (Å²) in [6.45, 7) is 1.54. The van der Waals surface area contributed by atoms with Crippen LogP contribution < -0.4 is 0 Å². The van der Waals surface area contributed by atoms with Crippen LogP contribution in [0, 0.1) is 17.0 Å². The molecule has 0 saturated carbocycles. The number of halogens is 2. The highest BCUT2D eigenvalue weighted by atomic mass is 79.9. The average Bonchev–Trinajstić information content (AvgIpc) is 2.83. The molecule has 0 radical (unpaired) electrons. The molecule has 9 heteroatoms. The van der Waals surface area contributed by atoms with Crippen molar-refractivity contribution in [2.24, 2.45) is 0 Å². The van der Waals surface area contributed by atoms with Crippen molar-refractivity contribution >= 4 is 50.6 Å². The van der Waals surface area contributed by atoms with Gasteiger partial charge >= 0.3 is 5.82 Å². The summed E-state index contributed by atoms with van der Waals surface area (Å²) in [5.41, 5.74) is 0. The molecule has 2 aromatic heterocycles. The van der Waals surface area contributed by atoms with Crippen LogP contribution in [-0.4, -0.2) is 20.4 Å². The largest absolute Gasteiger partial charge is 0.397 e. The maximum atomic E-state index is 12.1. The lowest BCUT2D eigenvalue weighted by molar-refractivity contribution is -0.390. The number of hydrogen-bond acceptors (Lipinski definition) is 5. The van der Waals surface area contributed by atoms with E-state index in [1.54, 1.807) is 12.1 Å². The fourth-order valence-corrected chi connectivity index (χ4v) is 3.34. The van der Waals surface area contributed by atoms with Crippen LogP contribution in [0.5, 0.6) is 0 Å². The van der Waals surface area contributed by atoms with Gasteiger partial charge in [-0.1, -0.05) is 11.6 Å². The molecular weight excluding hydrogens is 358 g/mol. The first-order valence-corrected chi connectivity index (χ1v) is 7.05. The monoisotopic (exact) mass is 363 g/mol. The molecule has 0 N–H and O–H groups in total. The maximum absolute atomic E-state index is 12.1. The Hall–Kier alpha value is -1.25. The van der Waals surface area contributed by atoms with Gasteiger partial charge in [-0.15, -0.1) is 11.3 Å². The van der Waals surface area contributed by atoms with E-state index in [0.29, 0.717) is 4.34 Å². The Labute approximate surface area is 125 Å². The molecule has 2 heterocycles. The third kappa shape index (κ3) is 2.85. The van der Waals surface area contributed by atoms with Crippen molar-refractivity contribution < 1.29 is 9.72 Å². The van der Waals surface area contributed by atoms with E-state index >= 15 is 0 Å². The van der Waals surface area contributed by atoms with Gasteiger partial charge in [0.1, 0.15) is 0 Å². The molecule has 0 saturated heterocycles. The van der Waals surface area contributed by atoms with Gasteiger partial charge in [-0.2, -0.15) is 0 Å². The summed E-state index contributed by atoms with van der Waals surface area (Å²) >= 11 is 10.1. The van der Waals surface area contributed by atoms with Crippen molar-refractivity contribution in [2.75, 3.05) is 0 Å². The Morgan fingerprint density at radius 1 is 1.63 bits per heavy atom. The number of thiophene rings is 1. The van der Waals surface area contributed by atoms with Crippen LogP contribution in [0.4, 0.5) is 5.82 Å². The third-order valence-electron chi connectivity index (χ3n) is 2.35. The number of rotatable bonds is 3. The van der Waals surface area contributed by atoms with Crippen LogP contribution >= 0.6 is 38.9 Å². The highest BCUT2D eigenvalue weighted by Gasteiger charge is 2.27. The number of carbonyl (C=O) groups excluding carboxylic acids is 1. The Bertz CT molecular complexity index is 667. The predicted octanol–water partition coefficient (Wildman–Crippen LogP) is 3.46. The molecule has 0 spiro atoms. The normalized spacial score (nSPS) is 10.7. The number of aryl methyl sites for hydroxylation is 1. The molecule has 0 unspecified atom stereocenters. The molecule has 0 bridgehead atoms. The van der Waals surface area contributed by atoms with Gasteiger partial charge in [0, 0.05) is 11.8 Å². The molecule has 19 heavy (non-hydrogen) atoms. The van der Waals surface area contributed by atoms with Crippen LogP contribution in [0.2, 0.25) is 4.34 Å².